The van der Waals surface area contributed by atoms with Gasteiger partial charge in [-0.3, -0.25) is 0 Å². The van der Waals surface area contributed by atoms with Crippen molar-refractivity contribution in [1.82, 2.24) is 0 Å². The highest BCUT2D eigenvalue weighted by atomic mass is 16.7. The van der Waals surface area contributed by atoms with Gasteiger partial charge >= 0.3 is 0 Å². The second kappa shape index (κ2) is 4.39. The highest BCUT2D eigenvalue weighted by Gasteiger charge is 2.43. The number of ether oxygens (including phenoxy) is 2. The molecule has 1 aliphatic heterocycles. The third-order valence-electron chi connectivity index (χ3n) is 5.22. The van der Waals surface area contributed by atoms with E-state index in [1.165, 1.54) is 37.7 Å². The van der Waals surface area contributed by atoms with E-state index in [9.17, 15) is 0 Å². The molecule has 2 aliphatic carbocycles. The summed E-state index contributed by atoms with van der Waals surface area (Å²) in [6.07, 6.45) is 10.3. The molecule has 108 valence electrons. The first-order valence-corrected chi connectivity index (χ1v) is 8.01. The van der Waals surface area contributed by atoms with Gasteiger partial charge in [0.05, 0.1) is 0 Å². The molecule has 2 fully saturated rings. The van der Waals surface area contributed by atoms with Crippen molar-refractivity contribution in [2.45, 2.75) is 69.1 Å². The van der Waals surface area contributed by atoms with Crippen LogP contribution in [0.15, 0.2) is 18.2 Å². The fraction of sp³-hybridized carbons (Fsp3) is 0.647. The molecule has 20 heavy (non-hydrogen) atoms. The zero-order chi connectivity index (χ0) is 13.6. The van der Waals surface area contributed by atoms with Crippen LogP contribution in [-0.4, -0.2) is 5.79 Å². The predicted molar refractivity (Wildman–Crippen MR) is 77.8 cm³/mol. The molecule has 1 spiro atoms. The Morgan fingerprint density at radius 1 is 0.800 bits per heavy atom. The largest absolute Gasteiger partial charge is 0.448 e. The lowest BCUT2D eigenvalue weighted by Gasteiger charge is -2.31. The molecule has 1 heterocycles. The Morgan fingerprint density at radius 2 is 1.45 bits per heavy atom. The van der Waals surface area contributed by atoms with Gasteiger partial charge in [-0.05, 0) is 43.4 Å². The van der Waals surface area contributed by atoms with Gasteiger partial charge in [-0.25, -0.2) is 0 Å². The van der Waals surface area contributed by atoms with Crippen LogP contribution >= 0.6 is 0 Å². The molecule has 0 bridgehead atoms. The lowest BCUT2D eigenvalue weighted by atomic mass is 9.89. The van der Waals surface area contributed by atoms with E-state index in [1.54, 1.807) is 0 Å². The maximum absolute atomic E-state index is 6.55. The Bertz CT molecular complexity index is 514. The van der Waals surface area contributed by atoms with Crippen LogP contribution in [0.2, 0.25) is 0 Å². The fourth-order valence-electron chi connectivity index (χ4n) is 3.99. The maximum atomic E-state index is 6.55. The van der Waals surface area contributed by atoms with Crippen LogP contribution in [0.3, 0.4) is 0 Å². The summed E-state index contributed by atoms with van der Waals surface area (Å²) in [6.45, 7) is 0. The van der Waals surface area contributed by atoms with Crippen molar-refractivity contribution in [3.8, 4) is 11.5 Å². The minimum Gasteiger partial charge on any atom is -0.448 e. The van der Waals surface area contributed by atoms with Gasteiger partial charge in [0, 0.05) is 18.4 Å². The van der Waals surface area contributed by atoms with Gasteiger partial charge < -0.3 is 15.2 Å². The summed E-state index contributed by atoms with van der Waals surface area (Å²) < 4.78 is 12.3. The third kappa shape index (κ3) is 1.91. The molecule has 2 saturated carbocycles. The lowest BCUT2D eigenvalue weighted by Crippen LogP contribution is -2.40. The molecule has 0 unspecified atom stereocenters. The van der Waals surface area contributed by atoms with Crippen LogP contribution in [0, 0.1) is 0 Å². The highest BCUT2D eigenvalue weighted by molar-refractivity contribution is 5.48. The van der Waals surface area contributed by atoms with Gasteiger partial charge in [-0.15, -0.1) is 0 Å². The average molecular weight is 273 g/mol. The van der Waals surface area contributed by atoms with Crippen LogP contribution in [0.1, 0.15) is 63.4 Å². The van der Waals surface area contributed by atoms with Gasteiger partial charge in [0.25, 0.3) is 5.79 Å². The Hall–Kier alpha value is -1.22. The standard InChI is InChI=1S/C17H23NO2/c18-16(8-4-5-9-16)13-6-7-14-15(12-13)20-17(19-14)10-2-1-3-11-17/h6-7,12H,1-5,8-11,18H2. The summed E-state index contributed by atoms with van der Waals surface area (Å²) >= 11 is 0. The molecule has 0 aromatic heterocycles. The summed E-state index contributed by atoms with van der Waals surface area (Å²) in [5, 5.41) is 0. The number of fused-ring (bicyclic) bond motifs is 1. The third-order valence-corrected chi connectivity index (χ3v) is 5.22. The number of rotatable bonds is 1. The normalized spacial score (nSPS) is 26.1. The second-order valence-corrected chi connectivity index (χ2v) is 6.70. The van der Waals surface area contributed by atoms with Crippen LogP contribution in [-0.2, 0) is 5.54 Å². The Labute approximate surface area is 120 Å². The van der Waals surface area contributed by atoms with E-state index < -0.39 is 0 Å². The molecule has 3 heteroatoms. The summed E-state index contributed by atoms with van der Waals surface area (Å²) in [5.74, 6) is 1.43. The average Bonchev–Trinajstić information content (AvgIpc) is 3.03. The molecule has 4 rings (SSSR count). The summed E-state index contributed by atoms with van der Waals surface area (Å²) in [4.78, 5) is 0. The van der Waals surface area contributed by atoms with Crippen molar-refractivity contribution in [3.05, 3.63) is 23.8 Å². The van der Waals surface area contributed by atoms with Crippen LogP contribution < -0.4 is 15.2 Å². The van der Waals surface area contributed by atoms with E-state index in [4.69, 9.17) is 15.2 Å². The lowest BCUT2D eigenvalue weighted by molar-refractivity contribution is -0.105. The molecule has 3 nitrogen and oxygen atoms in total. The molecular weight excluding hydrogens is 250 g/mol. The maximum Gasteiger partial charge on any atom is 0.251 e. The van der Waals surface area contributed by atoms with Crippen LogP contribution in [0.25, 0.3) is 0 Å². The van der Waals surface area contributed by atoms with Gasteiger partial charge in [-0.2, -0.15) is 0 Å². The molecule has 0 saturated heterocycles. The Kier molecular flexibility index (Phi) is 2.75. The predicted octanol–water partition coefficient (Wildman–Crippen LogP) is 3.85. The van der Waals surface area contributed by atoms with Gasteiger partial charge in [0.2, 0.25) is 0 Å². The zero-order valence-electron chi connectivity index (χ0n) is 12.0. The fourth-order valence-corrected chi connectivity index (χ4v) is 3.99. The number of hydrogen-bond donors (Lipinski definition) is 1. The first-order chi connectivity index (χ1) is 9.69. The first kappa shape index (κ1) is 12.5. The Morgan fingerprint density at radius 3 is 2.20 bits per heavy atom. The van der Waals surface area contributed by atoms with Crippen molar-refractivity contribution in [2.75, 3.05) is 0 Å². The van der Waals surface area contributed by atoms with Crippen molar-refractivity contribution >= 4 is 0 Å². The molecule has 1 aromatic rings. The van der Waals surface area contributed by atoms with E-state index in [2.05, 4.69) is 18.2 Å². The van der Waals surface area contributed by atoms with Crippen molar-refractivity contribution in [3.63, 3.8) is 0 Å². The first-order valence-electron chi connectivity index (χ1n) is 8.01. The van der Waals surface area contributed by atoms with Crippen molar-refractivity contribution < 1.29 is 9.47 Å². The molecule has 1 aromatic carbocycles. The van der Waals surface area contributed by atoms with Crippen LogP contribution in [0.5, 0.6) is 11.5 Å². The van der Waals surface area contributed by atoms with E-state index in [1.807, 2.05) is 0 Å². The molecule has 0 amide bonds. The van der Waals surface area contributed by atoms with Crippen molar-refractivity contribution in [2.24, 2.45) is 5.73 Å². The zero-order valence-corrected chi connectivity index (χ0v) is 12.0. The van der Waals surface area contributed by atoms with Gasteiger partial charge in [-0.1, -0.05) is 25.3 Å². The van der Waals surface area contributed by atoms with E-state index >= 15 is 0 Å². The Balaban J connectivity index is 1.63. The molecule has 2 N–H and O–H groups in total. The summed E-state index contributed by atoms with van der Waals surface area (Å²) in [6, 6.07) is 6.32. The van der Waals surface area contributed by atoms with Crippen LogP contribution in [0.4, 0.5) is 0 Å². The molecule has 0 radical (unpaired) electrons. The molecule has 0 atom stereocenters. The SMILES string of the molecule is NC1(c2ccc3c(c2)OC2(CCCCC2)O3)CCCC1. The minimum atomic E-state index is -0.378. The number of benzene rings is 1. The van der Waals surface area contributed by atoms with E-state index in [0.29, 0.717) is 0 Å². The summed E-state index contributed by atoms with van der Waals surface area (Å²) in [7, 11) is 0. The minimum absolute atomic E-state index is 0.152. The molecule has 3 aliphatic rings. The van der Waals surface area contributed by atoms with Crippen molar-refractivity contribution in [1.29, 1.82) is 0 Å². The highest BCUT2D eigenvalue weighted by Crippen LogP contribution is 2.47. The summed E-state index contributed by atoms with van der Waals surface area (Å²) in [5.41, 5.74) is 7.61. The van der Waals surface area contributed by atoms with Gasteiger partial charge in [0.15, 0.2) is 11.5 Å². The molecular formula is C17H23NO2. The monoisotopic (exact) mass is 273 g/mol. The number of nitrogens with two attached hydrogens (primary N) is 1. The smallest absolute Gasteiger partial charge is 0.251 e. The number of hydrogen-bond acceptors (Lipinski definition) is 3. The topological polar surface area (TPSA) is 44.5 Å². The second-order valence-electron chi connectivity index (χ2n) is 6.70. The van der Waals surface area contributed by atoms with Gasteiger partial charge in [0.1, 0.15) is 0 Å². The van der Waals surface area contributed by atoms with E-state index in [-0.39, 0.29) is 11.3 Å². The quantitative estimate of drug-likeness (QED) is 0.845. The van der Waals surface area contributed by atoms with E-state index in [0.717, 1.165) is 37.2 Å².